The first-order chi connectivity index (χ1) is 9.03. The standard InChI is InChI=1S/C13H17N3O2S/c14-8-11-4-1-2-5-12(11)10-19(17,18)16-7-3-6-13(15)9-16/h1-2,4-5,13H,3,6-7,9-10,15H2/t13-/m1/s1. The number of piperidine rings is 1. The number of sulfonamides is 1. The van der Waals surface area contributed by atoms with Crippen LogP contribution in [0.3, 0.4) is 0 Å². The predicted molar refractivity (Wildman–Crippen MR) is 72.6 cm³/mol. The van der Waals surface area contributed by atoms with Crippen LogP contribution in [-0.2, 0) is 15.8 Å². The van der Waals surface area contributed by atoms with E-state index in [1.54, 1.807) is 24.3 Å². The van der Waals surface area contributed by atoms with Crippen molar-refractivity contribution in [3.63, 3.8) is 0 Å². The van der Waals surface area contributed by atoms with Crippen molar-refractivity contribution in [1.82, 2.24) is 4.31 Å². The lowest BCUT2D eigenvalue weighted by Crippen LogP contribution is -2.46. The topological polar surface area (TPSA) is 87.2 Å². The largest absolute Gasteiger partial charge is 0.327 e. The summed E-state index contributed by atoms with van der Waals surface area (Å²) >= 11 is 0. The van der Waals surface area contributed by atoms with Gasteiger partial charge in [-0.1, -0.05) is 18.2 Å². The van der Waals surface area contributed by atoms with Gasteiger partial charge in [0.2, 0.25) is 10.0 Å². The van der Waals surface area contributed by atoms with E-state index in [0.717, 1.165) is 12.8 Å². The van der Waals surface area contributed by atoms with Crippen LogP contribution in [0.1, 0.15) is 24.0 Å². The highest BCUT2D eigenvalue weighted by Gasteiger charge is 2.27. The normalized spacial score (nSPS) is 20.9. The fraction of sp³-hybridized carbons (Fsp3) is 0.462. The number of rotatable bonds is 3. The van der Waals surface area contributed by atoms with Gasteiger partial charge in [0.25, 0.3) is 0 Å². The maximum atomic E-state index is 12.3. The Kier molecular flexibility index (Phi) is 4.20. The molecule has 0 bridgehead atoms. The number of nitrogens with two attached hydrogens (primary N) is 1. The average molecular weight is 279 g/mol. The average Bonchev–Trinajstić information content (AvgIpc) is 2.39. The molecule has 102 valence electrons. The zero-order valence-corrected chi connectivity index (χ0v) is 11.4. The molecule has 1 aromatic carbocycles. The molecule has 1 atom stereocenters. The molecule has 0 radical (unpaired) electrons. The van der Waals surface area contributed by atoms with Gasteiger partial charge in [-0.05, 0) is 24.5 Å². The molecule has 5 nitrogen and oxygen atoms in total. The Morgan fingerprint density at radius 2 is 2.16 bits per heavy atom. The van der Waals surface area contributed by atoms with E-state index in [1.165, 1.54) is 4.31 Å². The molecule has 2 rings (SSSR count). The first-order valence-corrected chi connectivity index (χ1v) is 7.85. The Morgan fingerprint density at radius 1 is 1.42 bits per heavy atom. The molecule has 0 saturated carbocycles. The van der Waals surface area contributed by atoms with Gasteiger partial charge in [0.05, 0.1) is 17.4 Å². The summed E-state index contributed by atoms with van der Waals surface area (Å²) in [4.78, 5) is 0. The SMILES string of the molecule is N#Cc1ccccc1CS(=O)(=O)N1CCC[C@@H](N)C1. The molecule has 1 saturated heterocycles. The van der Waals surface area contributed by atoms with Crippen molar-refractivity contribution in [2.45, 2.75) is 24.6 Å². The quantitative estimate of drug-likeness (QED) is 0.887. The fourth-order valence-electron chi connectivity index (χ4n) is 2.27. The summed E-state index contributed by atoms with van der Waals surface area (Å²) in [5.74, 6) is -0.135. The second-order valence-corrected chi connectivity index (χ2v) is 6.75. The summed E-state index contributed by atoms with van der Waals surface area (Å²) in [5.41, 5.74) is 6.77. The van der Waals surface area contributed by atoms with Crippen LogP contribution in [0.2, 0.25) is 0 Å². The number of hydrogen-bond acceptors (Lipinski definition) is 4. The van der Waals surface area contributed by atoms with Crippen LogP contribution < -0.4 is 5.73 Å². The highest BCUT2D eigenvalue weighted by Crippen LogP contribution is 2.18. The van der Waals surface area contributed by atoms with E-state index in [2.05, 4.69) is 0 Å². The molecule has 1 aliphatic rings. The Balaban J connectivity index is 2.19. The van der Waals surface area contributed by atoms with Crippen molar-refractivity contribution in [2.24, 2.45) is 5.73 Å². The van der Waals surface area contributed by atoms with E-state index in [-0.39, 0.29) is 11.8 Å². The molecule has 0 amide bonds. The zero-order valence-electron chi connectivity index (χ0n) is 10.6. The van der Waals surface area contributed by atoms with E-state index in [9.17, 15) is 8.42 Å². The lowest BCUT2D eigenvalue weighted by molar-refractivity contribution is 0.316. The van der Waals surface area contributed by atoms with Gasteiger partial charge in [-0.15, -0.1) is 0 Å². The molecular formula is C13H17N3O2S. The van der Waals surface area contributed by atoms with Gasteiger partial charge in [-0.2, -0.15) is 5.26 Å². The molecule has 19 heavy (non-hydrogen) atoms. The molecule has 0 unspecified atom stereocenters. The van der Waals surface area contributed by atoms with Crippen LogP contribution in [0.5, 0.6) is 0 Å². The van der Waals surface area contributed by atoms with Gasteiger partial charge in [0.1, 0.15) is 0 Å². The number of nitrogens with zero attached hydrogens (tertiary/aromatic N) is 2. The maximum absolute atomic E-state index is 12.3. The van der Waals surface area contributed by atoms with Gasteiger partial charge in [0, 0.05) is 19.1 Å². The predicted octanol–water partition coefficient (Wildman–Crippen LogP) is 0.811. The van der Waals surface area contributed by atoms with Crippen molar-refractivity contribution >= 4 is 10.0 Å². The number of hydrogen-bond donors (Lipinski definition) is 1. The van der Waals surface area contributed by atoms with Crippen LogP contribution in [0, 0.1) is 11.3 Å². The molecule has 6 heteroatoms. The smallest absolute Gasteiger partial charge is 0.218 e. The van der Waals surface area contributed by atoms with E-state index >= 15 is 0 Å². The Hall–Kier alpha value is -1.42. The maximum Gasteiger partial charge on any atom is 0.218 e. The Bertz CT molecular complexity index is 592. The first kappa shape index (κ1) is 14.0. The molecule has 0 aliphatic carbocycles. The van der Waals surface area contributed by atoms with Crippen LogP contribution in [0.4, 0.5) is 0 Å². The van der Waals surface area contributed by atoms with E-state index in [4.69, 9.17) is 11.0 Å². The summed E-state index contributed by atoms with van der Waals surface area (Å²) in [7, 11) is -3.40. The zero-order chi connectivity index (χ0) is 13.9. The molecular weight excluding hydrogens is 262 g/mol. The van der Waals surface area contributed by atoms with Gasteiger partial charge < -0.3 is 5.73 Å². The fourth-order valence-corrected chi connectivity index (χ4v) is 3.92. The van der Waals surface area contributed by atoms with Gasteiger partial charge in [0.15, 0.2) is 0 Å². The van der Waals surface area contributed by atoms with Crippen molar-refractivity contribution in [3.8, 4) is 6.07 Å². The van der Waals surface area contributed by atoms with Crippen molar-refractivity contribution in [2.75, 3.05) is 13.1 Å². The van der Waals surface area contributed by atoms with Crippen LogP contribution in [-0.4, -0.2) is 31.9 Å². The monoisotopic (exact) mass is 279 g/mol. The molecule has 1 aliphatic heterocycles. The summed E-state index contributed by atoms with van der Waals surface area (Å²) in [5, 5.41) is 8.99. The second-order valence-electron chi connectivity index (χ2n) is 4.79. The molecule has 1 aromatic rings. The third kappa shape index (κ3) is 3.32. The molecule has 1 heterocycles. The summed E-state index contributed by atoms with van der Waals surface area (Å²) in [6.07, 6.45) is 1.65. The Morgan fingerprint density at radius 3 is 2.84 bits per heavy atom. The highest BCUT2D eigenvalue weighted by atomic mass is 32.2. The van der Waals surface area contributed by atoms with E-state index in [0.29, 0.717) is 24.2 Å². The van der Waals surface area contributed by atoms with Gasteiger partial charge >= 0.3 is 0 Å². The van der Waals surface area contributed by atoms with E-state index < -0.39 is 10.0 Å². The Labute approximate surface area is 113 Å². The minimum absolute atomic E-state index is 0.0882. The van der Waals surface area contributed by atoms with E-state index in [1.807, 2.05) is 6.07 Å². The van der Waals surface area contributed by atoms with Gasteiger partial charge in [-0.25, -0.2) is 12.7 Å². The molecule has 1 fully saturated rings. The summed E-state index contributed by atoms with van der Waals surface area (Å²) in [6.45, 7) is 0.891. The lowest BCUT2D eigenvalue weighted by Gasteiger charge is -2.29. The molecule has 0 spiro atoms. The molecule has 2 N–H and O–H groups in total. The van der Waals surface area contributed by atoms with Crippen molar-refractivity contribution < 1.29 is 8.42 Å². The minimum atomic E-state index is -3.40. The van der Waals surface area contributed by atoms with Crippen LogP contribution in [0.25, 0.3) is 0 Å². The summed E-state index contributed by atoms with van der Waals surface area (Å²) < 4.78 is 26.1. The third-order valence-electron chi connectivity index (χ3n) is 3.29. The number of benzene rings is 1. The molecule has 0 aromatic heterocycles. The van der Waals surface area contributed by atoms with Gasteiger partial charge in [-0.3, -0.25) is 0 Å². The summed E-state index contributed by atoms with van der Waals surface area (Å²) in [6, 6.07) is 8.72. The lowest BCUT2D eigenvalue weighted by atomic mass is 10.1. The van der Waals surface area contributed by atoms with Crippen LogP contribution in [0.15, 0.2) is 24.3 Å². The highest BCUT2D eigenvalue weighted by molar-refractivity contribution is 7.88. The first-order valence-electron chi connectivity index (χ1n) is 6.24. The third-order valence-corrected chi connectivity index (χ3v) is 5.08. The van der Waals surface area contributed by atoms with Crippen molar-refractivity contribution in [1.29, 1.82) is 5.26 Å². The number of nitriles is 1. The second kappa shape index (κ2) is 5.70. The van der Waals surface area contributed by atoms with Crippen LogP contribution >= 0.6 is 0 Å². The van der Waals surface area contributed by atoms with Crippen molar-refractivity contribution in [3.05, 3.63) is 35.4 Å². The minimum Gasteiger partial charge on any atom is -0.327 e.